The van der Waals surface area contributed by atoms with Crippen molar-refractivity contribution in [2.24, 2.45) is 0 Å². The number of benzene rings is 1. The number of rotatable bonds is 8. The van der Waals surface area contributed by atoms with Gasteiger partial charge in [-0.25, -0.2) is 0 Å². The van der Waals surface area contributed by atoms with Crippen molar-refractivity contribution >= 4 is 0 Å². The minimum atomic E-state index is -1.16. The molecule has 186 valence electrons. The molecule has 9 heteroatoms. The molecule has 1 saturated carbocycles. The Balaban J connectivity index is 1.45. The lowest BCUT2D eigenvalue weighted by Gasteiger charge is -2.57. The van der Waals surface area contributed by atoms with Gasteiger partial charge in [0.1, 0.15) is 18.3 Å². The number of likely N-dealkylation sites (N-methyl/N-ethyl adjacent to an activating group) is 2. The fourth-order valence-corrected chi connectivity index (χ4v) is 5.18. The summed E-state index contributed by atoms with van der Waals surface area (Å²) in [5, 5.41) is 31.3. The highest BCUT2D eigenvalue weighted by atomic mass is 16.8. The molecule has 2 heterocycles. The molecule has 0 amide bonds. The first-order chi connectivity index (χ1) is 15.9. The summed E-state index contributed by atoms with van der Waals surface area (Å²) in [6.45, 7) is 5.64. The lowest BCUT2D eigenvalue weighted by molar-refractivity contribution is -0.460. The van der Waals surface area contributed by atoms with Gasteiger partial charge in [-0.1, -0.05) is 37.3 Å². The highest BCUT2D eigenvalue weighted by molar-refractivity contribution is 5.18. The van der Waals surface area contributed by atoms with E-state index in [1.54, 1.807) is 14.1 Å². The van der Waals surface area contributed by atoms with Gasteiger partial charge in [-0.3, -0.25) is 0 Å². The van der Waals surface area contributed by atoms with Crippen molar-refractivity contribution < 1.29 is 29.2 Å². The van der Waals surface area contributed by atoms with Crippen LogP contribution in [0, 0.1) is 0 Å². The van der Waals surface area contributed by atoms with E-state index in [2.05, 4.69) is 47.1 Å². The van der Waals surface area contributed by atoms with Crippen LogP contribution >= 0.6 is 0 Å². The molecular weight excluding hydrogens is 426 g/mol. The summed E-state index contributed by atoms with van der Waals surface area (Å²) in [7, 11) is 3.47. The van der Waals surface area contributed by atoms with E-state index < -0.39 is 48.6 Å². The Morgan fingerprint density at radius 2 is 1.76 bits per heavy atom. The van der Waals surface area contributed by atoms with E-state index in [9.17, 15) is 10.2 Å². The van der Waals surface area contributed by atoms with E-state index in [1.165, 1.54) is 5.56 Å². The SMILES string of the molecule is CNC1C(O)C(NC)C2OC3(CNCCC(C)c4ccccc4)OCC(C)OC3OC2C1O. The first-order valence-corrected chi connectivity index (χ1v) is 12.0. The molecule has 3 aliphatic rings. The Morgan fingerprint density at radius 1 is 1.03 bits per heavy atom. The predicted octanol–water partition coefficient (Wildman–Crippen LogP) is -0.0771. The van der Waals surface area contributed by atoms with E-state index in [1.807, 2.05) is 13.0 Å². The topological polar surface area (TPSA) is 113 Å². The molecule has 1 aliphatic carbocycles. The van der Waals surface area contributed by atoms with Gasteiger partial charge in [0.15, 0.2) is 0 Å². The maximum atomic E-state index is 10.9. The van der Waals surface area contributed by atoms with Gasteiger partial charge in [-0.05, 0) is 45.5 Å². The van der Waals surface area contributed by atoms with Crippen molar-refractivity contribution in [2.75, 3.05) is 33.8 Å². The number of hydrogen-bond donors (Lipinski definition) is 5. The number of hydrogen-bond acceptors (Lipinski definition) is 9. The fourth-order valence-electron chi connectivity index (χ4n) is 5.18. The van der Waals surface area contributed by atoms with Gasteiger partial charge in [-0.2, -0.15) is 0 Å². The van der Waals surface area contributed by atoms with Gasteiger partial charge in [0.25, 0.3) is 0 Å². The number of aliphatic hydroxyl groups excluding tert-OH is 2. The molecule has 4 rings (SSSR count). The number of fused-ring (bicyclic) bond motifs is 2. The molecule has 2 aliphatic heterocycles. The Morgan fingerprint density at radius 3 is 2.45 bits per heavy atom. The summed E-state index contributed by atoms with van der Waals surface area (Å²) in [5.74, 6) is -0.746. The lowest BCUT2D eigenvalue weighted by Crippen LogP contribution is -2.78. The summed E-state index contributed by atoms with van der Waals surface area (Å²) in [6, 6.07) is 9.43. The molecule has 2 saturated heterocycles. The van der Waals surface area contributed by atoms with Crippen molar-refractivity contribution in [2.45, 2.75) is 80.9 Å². The van der Waals surface area contributed by atoms with Crippen LogP contribution in [0.25, 0.3) is 0 Å². The molecule has 1 aromatic carbocycles. The van der Waals surface area contributed by atoms with Crippen LogP contribution in [0.2, 0.25) is 0 Å². The maximum absolute atomic E-state index is 10.9. The highest BCUT2D eigenvalue weighted by Gasteiger charge is 2.61. The predicted molar refractivity (Wildman–Crippen MR) is 123 cm³/mol. The molecule has 9 nitrogen and oxygen atoms in total. The second-order valence-electron chi connectivity index (χ2n) is 9.47. The van der Waals surface area contributed by atoms with Crippen LogP contribution in [-0.2, 0) is 18.9 Å². The highest BCUT2D eigenvalue weighted by Crippen LogP contribution is 2.40. The summed E-state index contributed by atoms with van der Waals surface area (Å²) in [4.78, 5) is 0. The standard InChI is InChI=1S/C24H39N3O6/c1-14(16-8-6-5-7-9-16)10-11-27-13-24-23(31-15(2)12-30-24)32-22-20(29)17(25-3)19(28)18(26-4)21(22)33-24/h5-9,14-15,17-23,25-29H,10-13H2,1-4H3. The smallest absolute Gasteiger partial charge is 0.234 e. The van der Waals surface area contributed by atoms with Crippen LogP contribution < -0.4 is 16.0 Å². The van der Waals surface area contributed by atoms with E-state index in [0.29, 0.717) is 19.1 Å². The molecule has 0 bridgehead atoms. The monoisotopic (exact) mass is 465 g/mol. The van der Waals surface area contributed by atoms with E-state index in [4.69, 9.17) is 18.9 Å². The lowest BCUT2D eigenvalue weighted by atomic mass is 9.80. The number of aliphatic hydroxyl groups is 2. The Labute approximate surface area is 196 Å². The van der Waals surface area contributed by atoms with Crippen LogP contribution in [0.4, 0.5) is 0 Å². The van der Waals surface area contributed by atoms with Gasteiger partial charge in [0, 0.05) is 0 Å². The summed E-state index contributed by atoms with van der Waals surface area (Å²) >= 11 is 0. The second-order valence-corrected chi connectivity index (χ2v) is 9.47. The van der Waals surface area contributed by atoms with Crippen molar-refractivity contribution in [3.63, 3.8) is 0 Å². The van der Waals surface area contributed by atoms with Gasteiger partial charge < -0.3 is 45.1 Å². The van der Waals surface area contributed by atoms with Crippen molar-refractivity contribution in [3.8, 4) is 0 Å². The van der Waals surface area contributed by atoms with Crippen LogP contribution in [0.1, 0.15) is 31.7 Å². The van der Waals surface area contributed by atoms with Gasteiger partial charge in [0.2, 0.25) is 12.1 Å². The minimum Gasteiger partial charge on any atom is -0.390 e. The summed E-state index contributed by atoms with van der Waals surface area (Å²) in [5.41, 5.74) is 1.31. The maximum Gasteiger partial charge on any atom is 0.234 e. The average molecular weight is 466 g/mol. The van der Waals surface area contributed by atoms with E-state index in [0.717, 1.165) is 13.0 Å². The average Bonchev–Trinajstić information content (AvgIpc) is 2.82. The first kappa shape index (κ1) is 25.0. The molecular formula is C24H39N3O6. The molecule has 5 N–H and O–H groups in total. The third-order valence-corrected chi connectivity index (χ3v) is 7.17. The quantitative estimate of drug-likeness (QED) is 0.337. The van der Waals surface area contributed by atoms with E-state index in [-0.39, 0.29) is 6.10 Å². The van der Waals surface area contributed by atoms with Gasteiger partial charge in [-0.15, -0.1) is 0 Å². The molecule has 10 atom stereocenters. The van der Waals surface area contributed by atoms with Crippen molar-refractivity contribution in [1.82, 2.24) is 16.0 Å². The van der Waals surface area contributed by atoms with Crippen LogP contribution in [-0.4, -0.2) is 98.7 Å². The van der Waals surface area contributed by atoms with Crippen molar-refractivity contribution in [3.05, 3.63) is 35.9 Å². The summed E-state index contributed by atoms with van der Waals surface area (Å²) in [6.07, 6.45) is -3.10. The zero-order valence-corrected chi connectivity index (χ0v) is 19.9. The minimum absolute atomic E-state index is 0.159. The van der Waals surface area contributed by atoms with Gasteiger partial charge in [0.05, 0.1) is 37.4 Å². The van der Waals surface area contributed by atoms with Gasteiger partial charge >= 0.3 is 0 Å². The summed E-state index contributed by atoms with van der Waals surface area (Å²) < 4.78 is 25.1. The van der Waals surface area contributed by atoms with Crippen molar-refractivity contribution in [1.29, 1.82) is 0 Å². The first-order valence-electron chi connectivity index (χ1n) is 12.0. The fraction of sp³-hybridized carbons (Fsp3) is 0.750. The largest absolute Gasteiger partial charge is 0.390 e. The number of ether oxygens (including phenoxy) is 4. The molecule has 3 fully saturated rings. The molecule has 10 unspecified atom stereocenters. The molecule has 0 radical (unpaired) electrons. The number of nitrogens with one attached hydrogen (secondary N) is 3. The molecule has 0 aromatic heterocycles. The van der Waals surface area contributed by atoms with Crippen LogP contribution in [0.3, 0.4) is 0 Å². The Kier molecular flexibility index (Phi) is 8.05. The molecule has 33 heavy (non-hydrogen) atoms. The Hall–Kier alpha value is -1.14. The van der Waals surface area contributed by atoms with E-state index >= 15 is 0 Å². The normalized spacial score (nSPS) is 41.8. The van der Waals surface area contributed by atoms with Crippen LogP contribution in [0.15, 0.2) is 30.3 Å². The Bertz CT molecular complexity index is 757. The third kappa shape index (κ3) is 4.98. The second kappa shape index (κ2) is 10.6. The zero-order valence-electron chi connectivity index (χ0n) is 19.9. The molecule has 0 spiro atoms. The third-order valence-electron chi connectivity index (χ3n) is 7.17. The zero-order chi connectivity index (χ0) is 23.6. The molecule has 1 aromatic rings. The van der Waals surface area contributed by atoms with Crippen LogP contribution in [0.5, 0.6) is 0 Å².